The quantitative estimate of drug-likeness (QED) is 0.870. The Morgan fingerprint density at radius 2 is 2.44 bits per heavy atom. The van der Waals surface area contributed by atoms with Crippen LogP contribution < -0.4 is 10.6 Å². The molecule has 2 aromatic heterocycles. The van der Waals surface area contributed by atoms with E-state index in [0.717, 1.165) is 29.1 Å². The van der Waals surface area contributed by atoms with E-state index in [-0.39, 0.29) is 0 Å². The van der Waals surface area contributed by atoms with Crippen molar-refractivity contribution in [3.8, 4) is 10.6 Å². The number of nitrogens with zero attached hydrogens (tertiary/aromatic N) is 2. The fourth-order valence-electron chi connectivity index (χ4n) is 2.28. The molecular formula is C12H14N4OS. The van der Waals surface area contributed by atoms with E-state index in [9.17, 15) is 4.79 Å². The first kappa shape index (κ1) is 11.3. The highest BCUT2D eigenvalue weighted by Crippen LogP contribution is 2.39. The van der Waals surface area contributed by atoms with Gasteiger partial charge in [-0.1, -0.05) is 11.3 Å². The van der Waals surface area contributed by atoms with Crippen LogP contribution in [0.2, 0.25) is 0 Å². The van der Waals surface area contributed by atoms with E-state index in [4.69, 9.17) is 5.73 Å². The van der Waals surface area contributed by atoms with E-state index >= 15 is 0 Å². The number of thiazole rings is 1. The van der Waals surface area contributed by atoms with Crippen LogP contribution in [0.4, 0.5) is 9.93 Å². The number of anilines is 1. The maximum Gasteiger partial charge on any atom is 0.321 e. The lowest BCUT2D eigenvalue weighted by Crippen LogP contribution is -2.35. The van der Waals surface area contributed by atoms with Gasteiger partial charge < -0.3 is 10.7 Å². The van der Waals surface area contributed by atoms with Crippen molar-refractivity contribution in [3.05, 3.63) is 23.5 Å². The van der Waals surface area contributed by atoms with Crippen molar-refractivity contribution < 1.29 is 4.79 Å². The van der Waals surface area contributed by atoms with Gasteiger partial charge in [0, 0.05) is 12.7 Å². The van der Waals surface area contributed by atoms with Crippen molar-refractivity contribution in [1.82, 2.24) is 9.97 Å². The molecule has 0 atom stereocenters. The van der Waals surface area contributed by atoms with Crippen molar-refractivity contribution in [2.24, 2.45) is 5.73 Å². The molecule has 94 valence electrons. The fraction of sp³-hybridized carbons (Fsp3) is 0.333. The van der Waals surface area contributed by atoms with Gasteiger partial charge in [0.15, 0.2) is 5.13 Å². The summed E-state index contributed by atoms with van der Waals surface area (Å²) in [6.45, 7) is 2.44. The molecular weight excluding hydrogens is 248 g/mol. The van der Waals surface area contributed by atoms with Crippen molar-refractivity contribution in [3.63, 3.8) is 0 Å². The summed E-state index contributed by atoms with van der Waals surface area (Å²) < 4.78 is 0. The zero-order chi connectivity index (χ0) is 12.7. The third kappa shape index (κ3) is 1.60. The first-order valence-electron chi connectivity index (χ1n) is 5.94. The zero-order valence-corrected chi connectivity index (χ0v) is 10.9. The number of nitrogens with two attached hydrogens (primary N) is 1. The molecule has 0 radical (unpaired) electrons. The molecule has 3 rings (SSSR count). The predicted molar refractivity (Wildman–Crippen MR) is 71.9 cm³/mol. The Morgan fingerprint density at radius 3 is 3.17 bits per heavy atom. The molecule has 1 aliphatic carbocycles. The van der Waals surface area contributed by atoms with E-state index in [1.807, 2.05) is 13.1 Å². The van der Waals surface area contributed by atoms with Crippen LogP contribution in [0.1, 0.15) is 18.2 Å². The second kappa shape index (κ2) is 4.13. The number of carbonyl (C=O) groups excluding carboxylic acids is 1. The van der Waals surface area contributed by atoms with Crippen LogP contribution in [-0.4, -0.2) is 22.5 Å². The maximum atomic E-state index is 11.3. The Hall–Kier alpha value is -1.82. The van der Waals surface area contributed by atoms with Gasteiger partial charge in [0.25, 0.3) is 0 Å². The number of urea groups is 1. The molecule has 0 unspecified atom stereocenters. The molecule has 0 aliphatic heterocycles. The molecule has 3 N–H and O–H groups in total. The molecule has 6 heteroatoms. The lowest BCUT2D eigenvalue weighted by atomic mass is 10.0. The second-order valence-corrected chi connectivity index (χ2v) is 5.21. The number of H-pyrrole nitrogens is 1. The van der Waals surface area contributed by atoms with Crippen molar-refractivity contribution >= 4 is 22.5 Å². The molecule has 2 amide bonds. The summed E-state index contributed by atoms with van der Waals surface area (Å²) >= 11 is 1.53. The van der Waals surface area contributed by atoms with E-state index in [0.29, 0.717) is 11.7 Å². The average Bonchev–Trinajstić information content (AvgIpc) is 2.93. The molecule has 2 aromatic rings. The summed E-state index contributed by atoms with van der Waals surface area (Å²) in [4.78, 5) is 21.8. The summed E-state index contributed by atoms with van der Waals surface area (Å²) in [7, 11) is 0. The Kier molecular flexibility index (Phi) is 2.59. The largest absolute Gasteiger partial charge is 0.360 e. The number of hydrogen-bond acceptors (Lipinski definition) is 3. The third-order valence-corrected chi connectivity index (χ3v) is 4.33. The van der Waals surface area contributed by atoms with Gasteiger partial charge in [-0.3, -0.25) is 4.90 Å². The standard InChI is InChI=1S/C12H14N4OS/c1-2-16(11(13)17)12-15-8-4-3-7-5-6-14-9(7)10(8)18-12/h5-6,14H,2-4H2,1H3,(H2,13,17). The SMILES string of the molecule is CCN(C(N)=O)c1nc2c(s1)-c1[nH]ccc1CC2. The first-order chi connectivity index (χ1) is 8.70. The van der Waals surface area contributed by atoms with Gasteiger partial charge in [-0.25, -0.2) is 9.78 Å². The molecule has 0 bridgehead atoms. The summed E-state index contributed by atoms with van der Waals surface area (Å²) in [6.07, 6.45) is 3.87. The smallest absolute Gasteiger partial charge is 0.321 e. The lowest BCUT2D eigenvalue weighted by Gasteiger charge is -2.13. The van der Waals surface area contributed by atoms with Crippen LogP contribution in [0.15, 0.2) is 12.3 Å². The van der Waals surface area contributed by atoms with Crippen LogP contribution in [0.5, 0.6) is 0 Å². The number of carbonyl (C=O) groups is 1. The van der Waals surface area contributed by atoms with Gasteiger partial charge in [-0.2, -0.15) is 0 Å². The van der Waals surface area contributed by atoms with Crippen LogP contribution in [0, 0.1) is 0 Å². The summed E-state index contributed by atoms with van der Waals surface area (Å²) in [6, 6.07) is 1.65. The van der Waals surface area contributed by atoms with Crippen LogP contribution in [-0.2, 0) is 12.8 Å². The topological polar surface area (TPSA) is 75.0 Å². The van der Waals surface area contributed by atoms with Gasteiger partial charge in [0.05, 0.1) is 16.3 Å². The lowest BCUT2D eigenvalue weighted by molar-refractivity contribution is 0.254. The number of nitrogens with one attached hydrogen (secondary N) is 1. The van der Waals surface area contributed by atoms with Crippen molar-refractivity contribution in [1.29, 1.82) is 0 Å². The molecule has 2 heterocycles. The minimum Gasteiger partial charge on any atom is -0.360 e. The van der Waals surface area contributed by atoms with Crippen molar-refractivity contribution in [2.75, 3.05) is 11.4 Å². The molecule has 0 fully saturated rings. The number of fused-ring (bicyclic) bond motifs is 3. The number of aromatic nitrogens is 2. The minimum absolute atomic E-state index is 0.449. The molecule has 1 aliphatic rings. The predicted octanol–water partition coefficient (Wildman–Crippen LogP) is 2.14. The highest BCUT2D eigenvalue weighted by Gasteiger charge is 2.24. The Balaban J connectivity index is 2.06. The Morgan fingerprint density at radius 1 is 1.61 bits per heavy atom. The Labute approximate surface area is 109 Å². The number of aryl methyl sites for hydroxylation is 2. The number of aromatic amines is 1. The molecule has 0 saturated heterocycles. The van der Waals surface area contributed by atoms with Crippen molar-refractivity contribution in [2.45, 2.75) is 19.8 Å². The van der Waals surface area contributed by atoms with Crippen LogP contribution in [0.3, 0.4) is 0 Å². The number of primary amides is 1. The normalized spacial score (nSPS) is 12.9. The second-order valence-electron chi connectivity index (χ2n) is 4.23. The number of rotatable bonds is 2. The fourth-order valence-corrected chi connectivity index (χ4v) is 3.50. The van der Waals surface area contributed by atoms with E-state index < -0.39 is 6.03 Å². The number of hydrogen-bond donors (Lipinski definition) is 2. The van der Waals surface area contributed by atoms with E-state index in [1.54, 1.807) is 0 Å². The highest BCUT2D eigenvalue weighted by atomic mass is 32.1. The van der Waals surface area contributed by atoms with E-state index in [2.05, 4.69) is 16.0 Å². The van der Waals surface area contributed by atoms with Crippen LogP contribution in [0.25, 0.3) is 10.6 Å². The minimum atomic E-state index is -0.449. The Bertz CT molecular complexity index is 601. The summed E-state index contributed by atoms with van der Waals surface area (Å²) in [5.41, 5.74) is 8.88. The molecule has 5 nitrogen and oxygen atoms in total. The monoisotopic (exact) mass is 262 g/mol. The summed E-state index contributed by atoms with van der Waals surface area (Å²) in [5.74, 6) is 0. The van der Waals surface area contributed by atoms with Gasteiger partial charge in [-0.15, -0.1) is 0 Å². The molecule has 0 saturated carbocycles. The third-order valence-electron chi connectivity index (χ3n) is 3.19. The highest BCUT2D eigenvalue weighted by molar-refractivity contribution is 7.19. The molecule has 0 aromatic carbocycles. The zero-order valence-electron chi connectivity index (χ0n) is 10.1. The van der Waals surface area contributed by atoms with Gasteiger partial charge in [0.2, 0.25) is 0 Å². The number of amides is 2. The molecule has 18 heavy (non-hydrogen) atoms. The van der Waals surface area contributed by atoms with Crippen LogP contribution >= 0.6 is 11.3 Å². The van der Waals surface area contributed by atoms with Gasteiger partial charge in [-0.05, 0) is 31.4 Å². The molecule has 0 spiro atoms. The average molecular weight is 262 g/mol. The first-order valence-corrected chi connectivity index (χ1v) is 6.75. The maximum absolute atomic E-state index is 11.3. The van der Waals surface area contributed by atoms with Gasteiger partial charge >= 0.3 is 6.03 Å². The summed E-state index contributed by atoms with van der Waals surface area (Å²) in [5, 5.41) is 0.692. The van der Waals surface area contributed by atoms with E-state index in [1.165, 1.54) is 21.8 Å². The van der Waals surface area contributed by atoms with Gasteiger partial charge in [0.1, 0.15) is 0 Å².